The van der Waals surface area contributed by atoms with Crippen molar-refractivity contribution in [2.75, 3.05) is 0 Å². The van der Waals surface area contributed by atoms with Gasteiger partial charge in [0, 0.05) is 13.0 Å². The van der Waals surface area contributed by atoms with Crippen LogP contribution in [0.4, 0.5) is 4.39 Å². The van der Waals surface area contributed by atoms with Gasteiger partial charge in [-0.1, -0.05) is 0 Å². The molecular weight excluding hydrogens is 333 g/mol. The van der Waals surface area contributed by atoms with Crippen LogP contribution in [0.25, 0.3) is 11.3 Å². The maximum atomic E-state index is 13.2. The molecule has 1 unspecified atom stereocenters. The molecule has 0 fully saturated rings. The zero-order valence-electron chi connectivity index (χ0n) is 14.5. The Morgan fingerprint density at radius 2 is 2.12 bits per heavy atom. The minimum atomic E-state index is -0.266. The average molecular weight is 353 g/mol. The maximum Gasteiger partial charge on any atom is 0.225 e. The minimum absolute atomic E-state index is 0.0171. The molecule has 3 heterocycles. The Hall–Kier alpha value is -2.89. The highest BCUT2D eigenvalue weighted by molar-refractivity contribution is 5.78. The molecule has 1 aliphatic rings. The first-order chi connectivity index (χ1) is 12.6. The first-order valence-electron chi connectivity index (χ1n) is 8.73. The van der Waals surface area contributed by atoms with Crippen molar-refractivity contribution in [3.8, 4) is 11.3 Å². The van der Waals surface area contributed by atoms with Crippen molar-refractivity contribution < 1.29 is 13.6 Å². The van der Waals surface area contributed by atoms with E-state index in [1.165, 1.54) is 12.1 Å². The van der Waals surface area contributed by atoms with Crippen LogP contribution in [0.5, 0.6) is 0 Å². The van der Waals surface area contributed by atoms with E-state index in [1.54, 1.807) is 18.3 Å². The van der Waals surface area contributed by atoms with Crippen LogP contribution >= 0.6 is 0 Å². The fraction of sp³-hybridized carbons (Fsp3) is 0.300. The van der Waals surface area contributed by atoms with Crippen LogP contribution in [0, 0.1) is 18.7 Å². The molecule has 0 radical (unpaired) electrons. The Labute approximate surface area is 150 Å². The van der Waals surface area contributed by atoms with Crippen LogP contribution in [0.3, 0.4) is 0 Å². The van der Waals surface area contributed by atoms with Crippen molar-refractivity contribution in [2.45, 2.75) is 32.9 Å². The summed E-state index contributed by atoms with van der Waals surface area (Å²) in [7, 11) is 0. The van der Waals surface area contributed by atoms with Gasteiger partial charge in [0.15, 0.2) is 0 Å². The third kappa shape index (κ3) is 3.27. The van der Waals surface area contributed by atoms with Crippen molar-refractivity contribution in [1.82, 2.24) is 14.9 Å². The van der Waals surface area contributed by atoms with Gasteiger partial charge in [-0.2, -0.15) is 0 Å². The summed E-state index contributed by atoms with van der Waals surface area (Å²) < 4.78 is 20.7. The second-order valence-electron chi connectivity index (χ2n) is 6.64. The highest BCUT2D eigenvalue weighted by atomic mass is 19.1. The van der Waals surface area contributed by atoms with Crippen molar-refractivity contribution in [3.63, 3.8) is 0 Å². The second kappa shape index (κ2) is 6.78. The van der Waals surface area contributed by atoms with E-state index in [9.17, 15) is 9.18 Å². The van der Waals surface area contributed by atoms with Crippen LogP contribution in [-0.2, 0) is 24.3 Å². The lowest BCUT2D eigenvalue weighted by Gasteiger charge is -2.24. The zero-order chi connectivity index (χ0) is 18.1. The number of nitrogens with zero attached hydrogens (tertiary/aromatic N) is 2. The lowest BCUT2D eigenvalue weighted by molar-refractivity contribution is -0.126. The Morgan fingerprint density at radius 3 is 2.85 bits per heavy atom. The summed E-state index contributed by atoms with van der Waals surface area (Å²) in [6.45, 7) is 2.85. The molecule has 5 nitrogen and oxygen atoms in total. The number of carbonyl (C=O) groups excluding carboxylic acids is 1. The largest absolute Gasteiger partial charge is 0.465 e. The van der Waals surface area contributed by atoms with Gasteiger partial charge in [0.25, 0.3) is 0 Å². The average Bonchev–Trinajstić information content (AvgIpc) is 3.26. The molecule has 2 aromatic heterocycles. The zero-order valence-corrected chi connectivity index (χ0v) is 14.5. The van der Waals surface area contributed by atoms with E-state index in [1.807, 2.05) is 19.1 Å². The van der Waals surface area contributed by atoms with E-state index in [2.05, 4.69) is 14.9 Å². The number of nitrogens with one attached hydrogen (secondary N) is 1. The van der Waals surface area contributed by atoms with Gasteiger partial charge in [-0.05, 0) is 55.3 Å². The lowest BCUT2D eigenvalue weighted by Crippen LogP contribution is -2.35. The SMILES string of the molecule is Cc1ccc(CNC(=O)C2CCc3ncc(-c4ccc(F)cc4)n3C2)o1. The van der Waals surface area contributed by atoms with Gasteiger partial charge < -0.3 is 14.3 Å². The molecular formula is C20H20FN3O2. The normalized spacial score (nSPS) is 16.3. The van der Waals surface area contributed by atoms with Gasteiger partial charge in [0.1, 0.15) is 23.2 Å². The van der Waals surface area contributed by atoms with E-state index in [0.29, 0.717) is 13.1 Å². The number of aromatic nitrogens is 2. The molecule has 0 bridgehead atoms. The van der Waals surface area contributed by atoms with Crippen molar-refractivity contribution in [3.05, 3.63) is 65.8 Å². The monoisotopic (exact) mass is 353 g/mol. The number of hydrogen-bond acceptors (Lipinski definition) is 3. The number of fused-ring (bicyclic) bond motifs is 1. The number of furan rings is 1. The molecule has 1 aliphatic heterocycles. The maximum absolute atomic E-state index is 13.2. The lowest BCUT2D eigenvalue weighted by atomic mass is 9.98. The van der Waals surface area contributed by atoms with Crippen LogP contribution < -0.4 is 5.32 Å². The first-order valence-corrected chi connectivity index (χ1v) is 8.73. The summed E-state index contributed by atoms with van der Waals surface area (Å²) in [4.78, 5) is 17.0. The van der Waals surface area contributed by atoms with E-state index in [-0.39, 0.29) is 17.6 Å². The number of benzene rings is 1. The number of aryl methyl sites for hydroxylation is 2. The molecule has 4 rings (SSSR count). The van der Waals surface area contributed by atoms with Gasteiger partial charge in [0.05, 0.1) is 24.4 Å². The molecule has 1 N–H and O–H groups in total. The molecule has 3 aromatic rings. The molecule has 26 heavy (non-hydrogen) atoms. The summed E-state index contributed by atoms with van der Waals surface area (Å²) >= 11 is 0. The summed E-state index contributed by atoms with van der Waals surface area (Å²) in [5.74, 6) is 2.18. The molecule has 0 spiro atoms. The molecule has 1 amide bonds. The summed E-state index contributed by atoms with van der Waals surface area (Å²) in [5, 5.41) is 2.96. The van der Waals surface area contributed by atoms with Crippen LogP contribution in [-0.4, -0.2) is 15.5 Å². The first kappa shape index (κ1) is 16.6. The van der Waals surface area contributed by atoms with Crippen molar-refractivity contribution >= 4 is 5.91 Å². The van der Waals surface area contributed by atoms with Crippen LogP contribution in [0.2, 0.25) is 0 Å². The van der Waals surface area contributed by atoms with Crippen LogP contribution in [0.1, 0.15) is 23.8 Å². The van der Waals surface area contributed by atoms with Gasteiger partial charge in [-0.3, -0.25) is 4.79 Å². The highest BCUT2D eigenvalue weighted by Crippen LogP contribution is 2.27. The number of carbonyl (C=O) groups is 1. The Balaban J connectivity index is 1.47. The predicted octanol–water partition coefficient (Wildman–Crippen LogP) is 3.47. The van der Waals surface area contributed by atoms with Gasteiger partial charge >= 0.3 is 0 Å². The van der Waals surface area contributed by atoms with Crippen LogP contribution in [0.15, 0.2) is 47.0 Å². The van der Waals surface area contributed by atoms with Crippen molar-refractivity contribution in [1.29, 1.82) is 0 Å². The molecule has 6 heteroatoms. The van der Waals surface area contributed by atoms with Crippen molar-refractivity contribution in [2.24, 2.45) is 5.92 Å². The number of halogens is 1. The van der Waals surface area contributed by atoms with E-state index in [0.717, 1.165) is 41.4 Å². The molecule has 0 saturated carbocycles. The molecule has 134 valence electrons. The number of rotatable bonds is 4. The van der Waals surface area contributed by atoms with E-state index in [4.69, 9.17) is 4.42 Å². The quantitative estimate of drug-likeness (QED) is 0.781. The van der Waals surface area contributed by atoms with E-state index < -0.39 is 0 Å². The standard InChI is InChI=1S/C20H20FN3O2/c1-13-2-8-17(26-13)10-23-20(25)15-5-9-19-22-11-18(24(19)12-15)14-3-6-16(21)7-4-14/h2-4,6-8,11,15H,5,9-10,12H2,1H3,(H,23,25). The van der Waals surface area contributed by atoms with Gasteiger partial charge in [-0.25, -0.2) is 9.37 Å². The number of amides is 1. The van der Waals surface area contributed by atoms with Gasteiger partial charge in [-0.15, -0.1) is 0 Å². The smallest absolute Gasteiger partial charge is 0.225 e. The van der Waals surface area contributed by atoms with Gasteiger partial charge in [0.2, 0.25) is 5.91 Å². The predicted molar refractivity (Wildman–Crippen MR) is 94.7 cm³/mol. The Bertz CT molecular complexity index is 927. The van der Waals surface area contributed by atoms with E-state index >= 15 is 0 Å². The fourth-order valence-corrected chi connectivity index (χ4v) is 3.40. The highest BCUT2D eigenvalue weighted by Gasteiger charge is 2.27. The number of hydrogen-bond donors (Lipinski definition) is 1. The summed E-state index contributed by atoms with van der Waals surface area (Å²) in [6.07, 6.45) is 3.32. The minimum Gasteiger partial charge on any atom is -0.465 e. The Kier molecular flexibility index (Phi) is 4.32. The Morgan fingerprint density at radius 1 is 1.31 bits per heavy atom. The third-order valence-electron chi connectivity index (χ3n) is 4.80. The summed E-state index contributed by atoms with van der Waals surface area (Å²) in [6, 6.07) is 10.1. The molecule has 1 aromatic carbocycles. The fourth-order valence-electron chi connectivity index (χ4n) is 3.40. The third-order valence-corrected chi connectivity index (χ3v) is 4.80. The number of imidazole rings is 1. The topological polar surface area (TPSA) is 60.1 Å². The molecule has 0 aliphatic carbocycles. The molecule has 1 atom stereocenters. The molecule has 0 saturated heterocycles. The summed E-state index contributed by atoms with van der Waals surface area (Å²) in [5.41, 5.74) is 1.82. The second-order valence-corrected chi connectivity index (χ2v) is 6.64.